The predicted octanol–water partition coefficient (Wildman–Crippen LogP) is 4.21. The molecule has 0 aliphatic rings. The van der Waals surface area contributed by atoms with Crippen molar-refractivity contribution in [2.75, 3.05) is 0 Å². The van der Waals surface area contributed by atoms with Crippen LogP contribution in [0.15, 0.2) is 29.1 Å². The van der Waals surface area contributed by atoms with Crippen molar-refractivity contribution < 1.29 is 23.9 Å². The van der Waals surface area contributed by atoms with Crippen LogP contribution in [0.25, 0.3) is 22.1 Å². The van der Waals surface area contributed by atoms with Crippen LogP contribution in [0.2, 0.25) is 0 Å². The van der Waals surface area contributed by atoms with Gasteiger partial charge in [0.05, 0.1) is 10.6 Å². The molecule has 3 N–H and O–H groups in total. The number of nitrogens with two attached hydrogens (primary N) is 1. The number of nitrogens with one attached hydrogen (secondary N) is 1. The lowest BCUT2D eigenvalue weighted by molar-refractivity contribution is -0.157. The van der Waals surface area contributed by atoms with E-state index in [4.69, 9.17) is 15.2 Å². The molecule has 0 unspecified atom stereocenters. The highest BCUT2D eigenvalue weighted by molar-refractivity contribution is 7.14. The first-order chi connectivity index (χ1) is 16.7. The summed E-state index contributed by atoms with van der Waals surface area (Å²) in [5.74, 6) is -1.18. The number of alkyl carbamates (subject to hydrolysis) is 1. The molecule has 0 bridgehead atoms. The third kappa shape index (κ3) is 7.56. The molecule has 3 aromatic heterocycles. The fourth-order valence-corrected chi connectivity index (χ4v) is 4.67. The highest BCUT2D eigenvalue weighted by atomic mass is 32.1. The van der Waals surface area contributed by atoms with E-state index in [1.807, 2.05) is 5.38 Å². The van der Waals surface area contributed by atoms with Gasteiger partial charge in [-0.2, -0.15) is 0 Å². The van der Waals surface area contributed by atoms with Crippen LogP contribution in [-0.2, 0) is 20.7 Å². The number of esters is 1. The molecular formula is C24H29N5O5S2. The number of rotatable bonds is 7. The van der Waals surface area contributed by atoms with Crippen molar-refractivity contribution >= 4 is 40.6 Å². The summed E-state index contributed by atoms with van der Waals surface area (Å²) < 4.78 is 10.8. The largest absolute Gasteiger partial charge is 0.458 e. The molecule has 10 nitrogen and oxygen atoms in total. The van der Waals surface area contributed by atoms with E-state index in [9.17, 15) is 14.4 Å². The van der Waals surface area contributed by atoms with E-state index in [0.29, 0.717) is 27.1 Å². The van der Waals surface area contributed by atoms with Gasteiger partial charge in [-0.1, -0.05) is 0 Å². The zero-order valence-electron chi connectivity index (χ0n) is 20.9. The maximum atomic E-state index is 12.8. The maximum Gasteiger partial charge on any atom is 0.408 e. The van der Waals surface area contributed by atoms with Crippen LogP contribution in [0.4, 0.5) is 4.79 Å². The van der Waals surface area contributed by atoms with Gasteiger partial charge < -0.3 is 20.5 Å². The Labute approximate surface area is 217 Å². The summed E-state index contributed by atoms with van der Waals surface area (Å²) in [5, 5.41) is 7.40. The summed E-state index contributed by atoms with van der Waals surface area (Å²) in [4.78, 5) is 50.3. The van der Waals surface area contributed by atoms with Gasteiger partial charge in [-0.25, -0.2) is 19.6 Å². The zero-order valence-corrected chi connectivity index (χ0v) is 22.6. The summed E-state index contributed by atoms with van der Waals surface area (Å²) in [6, 6.07) is 2.24. The molecule has 2 amide bonds. The molecule has 0 aliphatic carbocycles. The lowest BCUT2D eigenvalue weighted by Gasteiger charge is -2.25. The fourth-order valence-electron chi connectivity index (χ4n) is 3.00. The van der Waals surface area contributed by atoms with Gasteiger partial charge in [0.15, 0.2) is 0 Å². The summed E-state index contributed by atoms with van der Waals surface area (Å²) in [6.45, 7) is 10.5. The predicted molar refractivity (Wildman–Crippen MR) is 138 cm³/mol. The Bertz CT molecular complexity index is 1260. The molecule has 3 aromatic rings. The Kier molecular flexibility index (Phi) is 8.09. The molecule has 0 saturated heterocycles. The Morgan fingerprint density at radius 1 is 1.00 bits per heavy atom. The number of carbonyl (C=O) groups is 3. The summed E-state index contributed by atoms with van der Waals surface area (Å²) in [5.41, 5.74) is 5.80. The van der Waals surface area contributed by atoms with Crippen molar-refractivity contribution in [3.05, 3.63) is 39.7 Å². The van der Waals surface area contributed by atoms with Gasteiger partial charge in [0.1, 0.15) is 39.3 Å². The monoisotopic (exact) mass is 531 g/mol. The number of pyridine rings is 1. The van der Waals surface area contributed by atoms with Crippen LogP contribution < -0.4 is 11.1 Å². The minimum atomic E-state index is -0.989. The number of hydrogen-bond acceptors (Lipinski definition) is 10. The van der Waals surface area contributed by atoms with Crippen LogP contribution >= 0.6 is 22.7 Å². The minimum Gasteiger partial charge on any atom is -0.458 e. The highest BCUT2D eigenvalue weighted by Gasteiger charge is 2.30. The number of thiazole rings is 2. The van der Waals surface area contributed by atoms with Crippen molar-refractivity contribution in [1.29, 1.82) is 0 Å². The molecule has 0 radical (unpaired) electrons. The molecule has 0 fully saturated rings. The van der Waals surface area contributed by atoms with E-state index < -0.39 is 35.2 Å². The van der Waals surface area contributed by atoms with Crippen molar-refractivity contribution in [2.24, 2.45) is 5.73 Å². The Morgan fingerprint density at radius 3 is 2.31 bits per heavy atom. The van der Waals surface area contributed by atoms with E-state index in [-0.39, 0.29) is 12.0 Å². The second kappa shape index (κ2) is 10.7. The van der Waals surface area contributed by atoms with Gasteiger partial charge in [0, 0.05) is 23.4 Å². The summed E-state index contributed by atoms with van der Waals surface area (Å²) in [7, 11) is 0. The molecular weight excluding hydrogens is 502 g/mol. The van der Waals surface area contributed by atoms with Gasteiger partial charge >= 0.3 is 12.1 Å². The van der Waals surface area contributed by atoms with Crippen molar-refractivity contribution in [2.45, 2.75) is 65.2 Å². The molecule has 12 heteroatoms. The van der Waals surface area contributed by atoms with Gasteiger partial charge in [-0.05, 0) is 53.7 Å². The molecule has 0 spiro atoms. The average Bonchev–Trinajstić information content (AvgIpc) is 3.40. The van der Waals surface area contributed by atoms with Crippen LogP contribution in [0, 0.1) is 0 Å². The minimum absolute atomic E-state index is 0.114. The molecule has 3 heterocycles. The molecule has 0 aromatic carbocycles. The quantitative estimate of drug-likeness (QED) is 0.431. The average molecular weight is 532 g/mol. The summed E-state index contributed by atoms with van der Waals surface area (Å²) in [6.07, 6.45) is 0.958. The Balaban J connectivity index is 1.80. The van der Waals surface area contributed by atoms with Gasteiger partial charge in [0.2, 0.25) is 0 Å². The van der Waals surface area contributed by atoms with Crippen LogP contribution in [0.5, 0.6) is 0 Å². The first kappa shape index (κ1) is 27.2. The van der Waals surface area contributed by atoms with Crippen LogP contribution in [-0.4, -0.2) is 50.2 Å². The first-order valence-electron chi connectivity index (χ1n) is 11.1. The Morgan fingerprint density at radius 2 is 1.67 bits per heavy atom. The molecule has 192 valence electrons. The third-order valence-corrected chi connectivity index (χ3v) is 6.09. The van der Waals surface area contributed by atoms with Gasteiger partial charge in [0.25, 0.3) is 5.91 Å². The molecule has 3 rings (SSSR count). The number of primary amides is 1. The molecule has 1 atom stereocenters. The van der Waals surface area contributed by atoms with Gasteiger partial charge in [-0.15, -0.1) is 22.7 Å². The topological polar surface area (TPSA) is 146 Å². The second-order valence-corrected chi connectivity index (χ2v) is 11.7. The normalized spacial score (nSPS) is 12.6. The highest BCUT2D eigenvalue weighted by Crippen LogP contribution is 2.30. The summed E-state index contributed by atoms with van der Waals surface area (Å²) >= 11 is 2.67. The van der Waals surface area contributed by atoms with Gasteiger partial charge in [-0.3, -0.25) is 9.78 Å². The molecule has 36 heavy (non-hydrogen) atoms. The van der Waals surface area contributed by atoms with Crippen molar-refractivity contribution in [3.63, 3.8) is 0 Å². The van der Waals surface area contributed by atoms with Crippen molar-refractivity contribution in [3.8, 4) is 22.1 Å². The number of ether oxygens (including phenoxy) is 2. The smallest absolute Gasteiger partial charge is 0.408 e. The lowest BCUT2D eigenvalue weighted by Crippen LogP contribution is -2.47. The number of aromatic nitrogens is 3. The standard InChI is InChI=1S/C24H29N5O5S2/c1-23(2,3)33-21(31)14(29-22(32)34-24(4,5)6)10-17-27-16(12-35-17)20-28-15(11-36-20)18-13(19(25)30)8-7-9-26-18/h7-9,11-12,14H,10H2,1-6H3,(H2,25,30)(H,29,32)/t14-/m0/s1. The number of carbonyl (C=O) groups excluding carboxylic acids is 3. The van der Waals surface area contributed by atoms with E-state index >= 15 is 0 Å². The first-order valence-corrected chi connectivity index (χ1v) is 12.9. The van der Waals surface area contributed by atoms with Crippen molar-refractivity contribution in [1.82, 2.24) is 20.3 Å². The van der Waals surface area contributed by atoms with Crippen LogP contribution in [0.3, 0.4) is 0 Å². The lowest BCUT2D eigenvalue weighted by atomic mass is 10.1. The fraction of sp³-hybridized carbons (Fsp3) is 0.417. The van der Waals surface area contributed by atoms with E-state index in [2.05, 4.69) is 20.3 Å². The molecule has 0 saturated carbocycles. The molecule has 0 aliphatic heterocycles. The van der Waals surface area contributed by atoms with E-state index in [1.165, 1.54) is 22.7 Å². The van der Waals surface area contributed by atoms with Crippen LogP contribution in [0.1, 0.15) is 56.9 Å². The number of hydrogen-bond donors (Lipinski definition) is 2. The SMILES string of the molecule is CC(C)(C)OC(=O)N[C@@H](Cc1nc(-c2nc(-c3ncccc3C(N)=O)cs2)cs1)C(=O)OC(C)(C)C. The third-order valence-electron chi connectivity index (χ3n) is 4.35. The second-order valence-electron chi connectivity index (χ2n) is 9.86. The zero-order chi connectivity index (χ0) is 26.7. The number of nitrogens with zero attached hydrogens (tertiary/aromatic N) is 3. The maximum absolute atomic E-state index is 12.8. The number of amides is 2. The van der Waals surface area contributed by atoms with E-state index in [1.54, 1.807) is 65.3 Å². The van der Waals surface area contributed by atoms with E-state index in [0.717, 1.165) is 0 Å². The Hall–Kier alpha value is -3.38.